The maximum Gasteiger partial charge on any atom is 0.254 e. The Morgan fingerprint density at radius 2 is 1.49 bits per heavy atom. The lowest BCUT2D eigenvalue weighted by atomic mass is 9.88. The molecule has 5 rings (SSSR count). The molecule has 0 radical (unpaired) electrons. The van der Waals surface area contributed by atoms with E-state index in [1.165, 1.54) is 62.4 Å². The third-order valence-electron chi connectivity index (χ3n) is 7.79. The van der Waals surface area contributed by atoms with E-state index in [0.717, 1.165) is 31.4 Å². The molecule has 2 aliphatic carbocycles. The van der Waals surface area contributed by atoms with Gasteiger partial charge < -0.3 is 10.2 Å². The molecule has 2 fully saturated rings. The van der Waals surface area contributed by atoms with Crippen molar-refractivity contribution in [3.8, 4) is 5.69 Å². The van der Waals surface area contributed by atoms with E-state index >= 15 is 0 Å². The SMILES string of the molecule is O=C(NCc1nnc(SCC(=O)N(C2CCCCC2)C2CCCCC2)n1-c1ccccc1)c1ccccc1F. The number of carbonyl (C=O) groups is 2. The van der Waals surface area contributed by atoms with E-state index in [-0.39, 0.29) is 18.0 Å². The van der Waals surface area contributed by atoms with Crippen LogP contribution in [0, 0.1) is 5.82 Å². The number of para-hydroxylation sites is 1. The van der Waals surface area contributed by atoms with Gasteiger partial charge in [0.2, 0.25) is 5.91 Å². The number of hydrogen-bond donors (Lipinski definition) is 1. The van der Waals surface area contributed by atoms with Gasteiger partial charge in [-0.05, 0) is 49.9 Å². The lowest BCUT2D eigenvalue weighted by Gasteiger charge is -2.41. The van der Waals surface area contributed by atoms with E-state index < -0.39 is 11.7 Å². The van der Waals surface area contributed by atoms with Gasteiger partial charge in [0.25, 0.3) is 5.91 Å². The molecule has 2 aliphatic rings. The Morgan fingerprint density at radius 1 is 0.872 bits per heavy atom. The second kappa shape index (κ2) is 13.2. The molecular weight excluding hydrogens is 513 g/mol. The van der Waals surface area contributed by atoms with E-state index in [1.54, 1.807) is 12.1 Å². The first-order chi connectivity index (χ1) is 19.1. The van der Waals surface area contributed by atoms with Gasteiger partial charge in [-0.3, -0.25) is 14.2 Å². The fourth-order valence-electron chi connectivity index (χ4n) is 5.87. The van der Waals surface area contributed by atoms with E-state index in [1.807, 2.05) is 34.9 Å². The van der Waals surface area contributed by atoms with Crippen LogP contribution in [0.1, 0.15) is 80.4 Å². The minimum Gasteiger partial charge on any atom is -0.345 e. The largest absolute Gasteiger partial charge is 0.345 e. The van der Waals surface area contributed by atoms with Gasteiger partial charge in [-0.2, -0.15) is 0 Å². The predicted molar refractivity (Wildman–Crippen MR) is 150 cm³/mol. The Morgan fingerprint density at radius 3 is 2.13 bits per heavy atom. The molecule has 1 heterocycles. The van der Waals surface area contributed by atoms with Crippen molar-refractivity contribution in [1.29, 1.82) is 0 Å². The number of nitrogens with one attached hydrogen (secondary N) is 1. The second-order valence-electron chi connectivity index (χ2n) is 10.4. The first-order valence-electron chi connectivity index (χ1n) is 14.1. The third kappa shape index (κ3) is 6.69. The standard InChI is InChI=1S/C30H36FN5O2S/c31-26-19-11-10-18-25(26)29(38)32-20-27-33-34-30(36(27)24-16-8-3-9-17-24)39-21-28(37)35(22-12-4-1-5-13-22)23-14-6-2-7-15-23/h3,8-11,16-19,22-23H,1-2,4-7,12-15,20-21H2,(H,32,38). The number of halogens is 1. The Hall–Kier alpha value is -3.20. The summed E-state index contributed by atoms with van der Waals surface area (Å²) in [4.78, 5) is 28.6. The second-order valence-corrected chi connectivity index (χ2v) is 11.3. The number of carbonyl (C=O) groups excluding carboxylic acids is 2. The van der Waals surface area contributed by atoms with Crippen LogP contribution >= 0.6 is 11.8 Å². The lowest BCUT2D eigenvalue weighted by molar-refractivity contribution is -0.135. The molecule has 0 spiro atoms. The average molecular weight is 550 g/mol. The summed E-state index contributed by atoms with van der Waals surface area (Å²) >= 11 is 1.39. The number of rotatable bonds is 9. The van der Waals surface area contributed by atoms with E-state index in [4.69, 9.17) is 0 Å². The zero-order valence-electron chi connectivity index (χ0n) is 22.2. The summed E-state index contributed by atoms with van der Waals surface area (Å²) in [6, 6.07) is 16.2. The van der Waals surface area contributed by atoms with Crippen molar-refractivity contribution in [1.82, 2.24) is 25.0 Å². The van der Waals surface area contributed by atoms with Gasteiger partial charge in [-0.1, -0.05) is 80.6 Å². The normalized spacial score (nSPS) is 16.6. The quantitative estimate of drug-likeness (QED) is 0.335. The highest BCUT2D eigenvalue weighted by Gasteiger charge is 2.32. The highest BCUT2D eigenvalue weighted by molar-refractivity contribution is 7.99. The summed E-state index contributed by atoms with van der Waals surface area (Å²) in [6.45, 7) is 0.0693. The molecule has 0 aliphatic heterocycles. The van der Waals surface area contributed by atoms with Gasteiger partial charge in [-0.15, -0.1) is 10.2 Å². The molecular formula is C30H36FN5O2S. The smallest absolute Gasteiger partial charge is 0.254 e. The van der Waals surface area contributed by atoms with Crippen LogP contribution in [0.25, 0.3) is 5.69 Å². The van der Waals surface area contributed by atoms with Crippen molar-refractivity contribution in [2.75, 3.05) is 5.75 Å². The Bertz CT molecular complexity index is 1240. The van der Waals surface area contributed by atoms with Crippen molar-refractivity contribution < 1.29 is 14.0 Å². The first kappa shape index (κ1) is 27.4. The van der Waals surface area contributed by atoms with Crippen molar-refractivity contribution >= 4 is 23.6 Å². The zero-order valence-corrected chi connectivity index (χ0v) is 23.0. The summed E-state index contributed by atoms with van der Waals surface area (Å²) in [5.74, 6) is -0.113. The molecule has 206 valence electrons. The van der Waals surface area contributed by atoms with Gasteiger partial charge in [0.05, 0.1) is 17.9 Å². The van der Waals surface area contributed by atoms with Crippen LogP contribution in [0.15, 0.2) is 59.8 Å². The Kier molecular flexibility index (Phi) is 9.29. The van der Waals surface area contributed by atoms with Crippen LogP contribution < -0.4 is 5.32 Å². The van der Waals surface area contributed by atoms with E-state index in [0.29, 0.717) is 28.8 Å². The number of benzene rings is 2. The molecule has 0 atom stereocenters. The highest BCUT2D eigenvalue weighted by Crippen LogP contribution is 2.32. The summed E-state index contributed by atoms with van der Waals surface area (Å²) < 4.78 is 16.0. The summed E-state index contributed by atoms with van der Waals surface area (Å²) in [5, 5.41) is 12.1. The molecule has 9 heteroatoms. The molecule has 1 N–H and O–H groups in total. The zero-order chi connectivity index (χ0) is 27.0. The molecule has 0 unspecified atom stereocenters. The summed E-state index contributed by atoms with van der Waals surface area (Å²) in [7, 11) is 0. The van der Waals surface area contributed by atoms with Gasteiger partial charge in [0, 0.05) is 17.8 Å². The predicted octanol–water partition coefficient (Wildman–Crippen LogP) is 5.92. The number of nitrogens with zero attached hydrogens (tertiary/aromatic N) is 4. The minimum atomic E-state index is -0.574. The highest BCUT2D eigenvalue weighted by atomic mass is 32.2. The molecule has 7 nitrogen and oxygen atoms in total. The number of hydrogen-bond acceptors (Lipinski definition) is 5. The monoisotopic (exact) mass is 549 g/mol. The van der Waals surface area contributed by atoms with Gasteiger partial charge >= 0.3 is 0 Å². The molecule has 0 saturated heterocycles. The summed E-state index contributed by atoms with van der Waals surface area (Å²) in [5.41, 5.74) is 0.818. The number of amides is 2. The number of aromatic nitrogens is 3. The van der Waals surface area contributed by atoms with Crippen LogP contribution in [0.4, 0.5) is 4.39 Å². The van der Waals surface area contributed by atoms with Crippen molar-refractivity contribution in [3.05, 3.63) is 71.8 Å². The molecule has 1 aromatic heterocycles. The fraction of sp³-hybridized carbons (Fsp3) is 0.467. The Labute approximate surface area is 233 Å². The molecule has 39 heavy (non-hydrogen) atoms. The number of thioether (sulfide) groups is 1. The van der Waals surface area contributed by atoms with Crippen LogP contribution in [-0.4, -0.2) is 49.3 Å². The van der Waals surface area contributed by atoms with Crippen LogP contribution in [0.3, 0.4) is 0 Å². The summed E-state index contributed by atoms with van der Waals surface area (Å²) in [6.07, 6.45) is 11.7. The first-order valence-corrected chi connectivity index (χ1v) is 15.1. The molecule has 2 amide bonds. The topological polar surface area (TPSA) is 80.1 Å². The lowest BCUT2D eigenvalue weighted by Crippen LogP contribution is -2.49. The van der Waals surface area contributed by atoms with E-state index in [9.17, 15) is 14.0 Å². The van der Waals surface area contributed by atoms with Crippen LogP contribution in [0.2, 0.25) is 0 Å². The fourth-order valence-corrected chi connectivity index (χ4v) is 6.71. The maximum atomic E-state index is 14.1. The molecule has 0 bridgehead atoms. The van der Waals surface area contributed by atoms with Crippen molar-refractivity contribution in [2.24, 2.45) is 0 Å². The third-order valence-corrected chi connectivity index (χ3v) is 8.70. The van der Waals surface area contributed by atoms with Crippen molar-refractivity contribution in [2.45, 2.75) is 88.0 Å². The van der Waals surface area contributed by atoms with E-state index in [2.05, 4.69) is 20.4 Å². The van der Waals surface area contributed by atoms with Gasteiger partial charge in [-0.25, -0.2) is 4.39 Å². The van der Waals surface area contributed by atoms with Crippen molar-refractivity contribution in [3.63, 3.8) is 0 Å². The molecule has 2 saturated carbocycles. The van der Waals surface area contributed by atoms with Crippen LogP contribution in [-0.2, 0) is 11.3 Å². The molecule has 3 aromatic rings. The minimum absolute atomic E-state index is 0.0195. The van der Waals surface area contributed by atoms with Gasteiger partial charge in [0.15, 0.2) is 11.0 Å². The maximum absolute atomic E-state index is 14.1. The molecule has 2 aromatic carbocycles. The van der Waals surface area contributed by atoms with Crippen LogP contribution in [0.5, 0.6) is 0 Å². The Balaban J connectivity index is 1.32. The average Bonchev–Trinajstić information content (AvgIpc) is 3.39. The van der Waals surface area contributed by atoms with Gasteiger partial charge in [0.1, 0.15) is 5.82 Å².